The second-order valence-corrected chi connectivity index (χ2v) is 9.93. The molecule has 1 saturated heterocycles. The summed E-state index contributed by atoms with van der Waals surface area (Å²) in [6, 6.07) is -7.10. The third-order valence-corrected chi connectivity index (χ3v) is 6.48. The van der Waals surface area contributed by atoms with Crippen molar-refractivity contribution in [2.75, 3.05) is 6.54 Å². The Hall–Kier alpha value is -4.81. The molecule has 5 atom stereocenters. The minimum Gasteiger partial charge on any atom is -0.481 e. The minimum absolute atomic E-state index is 0.0471. The number of hydrogen-bond donors (Lipinski definition) is 9. The van der Waals surface area contributed by atoms with E-state index in [9.17, 15) is 48.3 Å². The van der Waals surface area contributed by atoms with Crippen LogP contribution in [-0.4, -0.2) is 105 Å². The molecule has 0 unspecified atom stereocenters. The molecule has 43 heavy (non-hydrogen) atoms. The van der Waals surface area contributed by atoms with Gasteiger partial charge in [-0.15, -0.1) is 0 Å². The van der Waals surface area contributed by atoms with Gasteiger partial charge in [-0.2, -0.15) is 0 Å². The molecule has 0 saturated carbocycles. The standard InChI is InChI=1S/C24H38N8O11/c25-11(3-6-16(26)33)20(38)30-13(5-8-18(28)35)23(41)32-9-1-2-15(32)22(40)29-12(4-7-17(27)34)21(39)31-14(24(42)43)10-19(36)37/h11-15H,1-10,25H2,(H2,26,33)(H2,27,34)(H2,28,35)(H,29,40)(H,30,38)(H,31,39)(H,36,37)(H,42,43)/t11-,12-,13-,14-,15-/m0/s1. The predicted molar refractivity (Wildman–Crippen MR) is 144 cm³/mol. The number of carbonyl (C=O) groups is 9. The summed E-state index contributed by atoms with van der Waals surface area (Å²) in [7, 11) is 0. The van der Waals surface area contributed by atoms with Crippen molar-refractivity contribution in [2.45, 2.75) is 88.0 Å². The van der Waals surface area contributed by atoms with Crippen molar-refractivity contribution >= 4 is 53.3 Å². The van der Waals surface area contributed by atoms with Crippen LogP contribution in [0.4, 0.5) is 0 Å². The van der Waals surface area contributed by atoms with Gasteiger partial charge in [0.25, 0.3) is 0 Å². The highest BCUT2D eigenvalue weighted by molar-refractivity contribution is 5.96. The van der Waals surface area contributed by atoms with Gasteiger partial charge in [0.1, 0.15) is 24.2 Å². The summed E-state index contributed by atoms with van der Waals surface area (Å²) in [5, 5.41) is 24.9. The highest BCUT2D eigenvalue weighted by Gasteiger charge is 2.39. The van der Waals surface area contributed by atoms with Crippen LogP contribution in [0.15, 0.2) is 0 Å². The van der Waals surface area contributed by atoms with E-state index in [0.717, 1.165) is 4.90 Å². The Balaban J connectivity index is 3.12. The SMILES string of the molecule is NC(=O)CC[C@H](NC(=O)[C@@H]1CCCN1C(=O)[C@H](CCC(N)=O)NC(=O)[C@@H](N)CCC(N)=O)C(=O)N[C@@H](CC(=O)O)C(=O)O. The Morgan fingerprint density at radius 3 is 1.74 bits per heavy atom. The highest BCUT2D eigenvalue weighted by atomic mass is 16.4. The third kappa shape index (κ3) is 12.7. The Morgan fingerprint density at radius 1 is 0.721 bits per heavy atom. The van der Waals surface area contributed by atoms with Crippen molar-refractivity contribution in [3.8, 4) is 0 Å². The topological polar surface area (TPSA) is 338 Å². The van der Waals surface area contributed by atoms with Crippen LogP contribution in [0.1, 0.15) is 57.8 Å². The lowest BCUT2D eigenvalue weighted by atomic mass is 10.1. The second kappa shape index (κ2) is 17.2. The van der Waals surface area contributed by atoms with Crippen molar-refractivity contribution in [3.63, 3.8) is 0 Å². The lowest BCUT2D eigenvalue weighted by Gasteiger charge is -2.30. The van der Waals surface area contributed by atoms with Crippen molar-refractivity contribution < 1.29 is 53.4 Å². The maximum atomic E-state index is 13.5. The van der Waals surface area contributed by atoms with Gasteiger partial charge >= 0.3 is 11.9 Å². The van der Waals surface area contributed by atoms with E-state index in [0.29, 0.717) is 6.42 Å². The normalized spacial score (nSPS) is 17.0. The molecule has 0 aromatic rings. The average molecular weight is 615 g/mol. The van der Waals surface area contributed by atoms with Crippen molar-refractivity contribution in [3.05, 3.63) is 0 Å². The van der Waals surface area contributed by atoms with E-state index in [4.69, 9.17) is 28.0 Å². The maximum Gasteiger partial charge on any atom is 0.326 e. The number of carboxylic acids is 2. The van der Waals surface area contributed by atoms with Crippen LogP contribution >= 0.6 is 0 Å². The molecule has 19 nitrogen and oxygen atoms in total. The number of primary amides is 3. The van der Waals surface area contributed by atoms with Crippen molar-refractivity contribution in [1.82, 2.24) is 20.9 Å². The molecule has 7 amide bonds. The summed E-state index contributed by atoms with van der Waals surface area (Å²) in [5.41, 5.74) is 21.2. The number of nitrogens with zero attached hydrogens (tertiary/aromatic N) is 1. The monoisotopic (exact) mass is 614 g/mol. The van der Waals surface area contributed by atoms with Crippen LogP contribution in [0.3, 0.4) is 0 Å². The first kappa shape index (κ1) is 36.2. The summed E-state index contributed by atoms with van der Waals surface area (Å²) >= 11 is 0. The molecule has 0 aromatic heterocycles. The van der Waals surface area contributed by atoms with Crippen molar-refractivity contribution in [2.24, 2.45) is 22.9 Å². The Bertz CT molecular complexity index is 1110. The third-order valence-electron chi connectivity index (χ3n) is 6.48. The largest absolute Gasteiger partial charge is 0.481 e. The first-order valence-electron chi connectivity index (χ1n) is 13.3. The Kier molecular flexibility index (Phi) is 14.5. The summed E-state index contributed by atoms with van der Waals surface area (Å²) < 4.78 is 0. The fraction of sp³-hybridized carbons (Fsp3) is 0.625. The Labute approximate surface area is 245 Å². The van der Waals surface area contributed by atoms with E-state index in [1.807, 2.05) is 5.32 Å². The van der Waals surface area contributed by atoms with Gasteiger partial charge in [-0.25, -0.2) is 4.79 Å². The van der Waals surface area contributed by atoms with Gasteiger partial charge in [0.05, 0.1) is 12.5 Å². The zero-order chi connectivity index (χ0) is 32.9. The van der Waals surface area contributed by atoms with Crippen LogP contribution in [-0.2, 0) is 43.2 Å². The maximum absolute atomic E-state index is 13.5. The lowest BCUT2D eigenvalue weighted by molar-refractivity contribution is -0.147. The summed E-state index contributed by atoms with van der Waals surface area (Å²) in [6.07, 6.45) is -2.15. The number of carbonyl (C=O) groups excluding carboxylic acids is 7. The molecule has 0 spiro atoms. The highest BCUT2D eigenvalue weighted by Crippen LogP contribution is 2.20. The summed E-state index contributed by atoms with van der Waals surface area (Å²) in [6.45, 7) is 0.0471. The number of carboxylic acid groups (broad SMARTS) is 2. The van der Waals surface area contributed by atoms with Crippen LogP contribution in [0, 0.1) is 0 Å². The first-order valence-corrected chi connectivity index (χ1v) is 13.3. The smallest absolute Gasteiger partial charge is 0.326 e. The van der Waals surface area contributed by atoms with Gasteiger partial charge in [-0.3, -0.25) is 38.4 Å². The second-order valence-electron chi connectivity index (χ2n) is 9.93. The van der Waals surface area contributed by atoms with E-state index in [2.05, 4.69) is 10.6 Å². The van der Waals surface area contributed by atoms with Gasteiger partial charge in [0.15, 0.2) is 0 Å². The molecule has 13 N–H and O–H groups in total. The molecule has 240 valence electrons. The molecule has 0 aromatic carbocycles. The molecule has 1 rings (SSSR count). The number of nitrogens with one attached hydrogen (secondary N) is 3. The molecule has 1 fully saturated rings. The van der Waals surface area contributed by atoms with Gasteiger partial charge in [0, 0.05) is 25.8 Å². The summed E-state index contributed by atoms with van der Waals surface area (Å²) in [5.74, 6) is -9.02. The van der Waals surface area contributed by atoms with Gasteiger partial charge in [-0.1, -0.05) is 0 Å². The predicted octanol–water partition coefficient (Wildman–Crippen LogP) is -4.89. The molecule has 19 heteroatoms. The number of hydrogen-bond acceptors (Lipinski definition) is 10. The molecule has 0 radical (unpaired) electrons. The number of rotatable bonds is 19. The van der Waals surface area contributed by atoms with E-state index in [-0.39, 0.29) is 45.1 Å². The lowest BCUT2D eigenvalue weighted by Crippen LogP contribution is -2.58. The molecule has 0 bridgehead atoms. The zero-order valence-corrected chi connectivity index (χ0v) is 23.3. The van der Waals surface area contributed by atoms with Crippen LogP contribution < -0.4 is 38.9 Å². The van der Waals surface area contributed by atoms with E-state index >= 15 is 0 Å². The van der Waals surface area contributed by atoms with Crippen LogP contribution in [0.2, 0.25) is 0 Å². The number of aliphatic carboxylic acids is 2. The molecule has 1 heterocycles. The van der Waals surface area contributed by atoms with E-state index in [1.165, 1.54) is 0 Å². The fourth-order valence-electron chi connectivity index (χ4n) is 4.23. The molecular weight excluding hydrogens is 576 g/mol. The Morgan fingerprint density at radius 2 is 1.23 bits per heavy atom. The first-order chi connectivity index (χ1) is 20.0. The van der Waals surface area contributed by atoms with E-state index in [1.54, 1.807) is 0 Å². The van der Waals surface area contributed by atoms with Gasteiger partial charge < -0.3 is 54.0 Å². The number of likely N-dealkylation sites (tertiary alicyclic amines) is 1. The number of amides is 7. The van der Waals surface area contributed by atoms with Crippen LogP contribution in [0.5, 0.6) is 0 Å². The molecule has 1 aliphatic rings. The number of nitrogens with two attached hydrogens (primary N) is 4. The molecular formula is C24H38N8O11. The molecule has 0 aliphatic carbocycles. The summed E-state index contributed by atoms with van der Waals surface area (Å²) in [4.78, 5) is 109. The molecule has 1 aliphatic heterocycles. The van der Waals surface area contributed by atoms with Crippen LogP contribution in [0.25, 0.3) is 0 Å². The zero-order valence-electron chi connectivity index (χ0n) is 23.3. The van der Waals surface area contributed by atoms with E-state index < -0.39 is 96.3 Å². The fourth-order valence-corrected chi connectivity index (χ4v) is 4.23. The average Bonchev–Trinajstić information content (AvgIpc) is 3.40. The van der Waals surface area contributed by atoms with Gasteiger partial charge in [-0.05, 0) is 32.1 Å². The van der Waals surface area contributed by atoms with Crippen molar-refractivity contribution in [1.29, 1.82) is 0 Å². The minimum atomic E-state index is -1.84. The quantitative estimate of drug-likeness (QED) is 0.0661. The van der Waals surface area contributed by atoms with Gasteiger partial charge in [0.2, 0.25) is 41.4 Å².